The van der Waals surface area contributed by atoms with Gasteiger partial charge in [-0.15, -0.1) is 0 Å². The fourth-order valence-corrected chi connectivity index (χ4v) is 3.50. The smallest absolute Gasteiger partial charge is 0.200 e. The Morgan fingerprint density at radius 2 is 1.32 bits per heavy atom. The number of alkyl halides is 10. The molecule has 2 rings (SSSR count). The zero-order valence-corrected chi connectivity index (χ0v) is 16.2. The minimum atomic E-state index is -6.84. The topological polar surface area (TPSA) is 0 Å². The molecule has 0 saturated heterocycles. The average Bonchev–Trinajstić information content (AvgIpc) is 2.58. The fraction of sp³-hybridized carbons (Fsp3) is 0.444. The molecule has 0 aliphatic heterocycles. The highest BCUT2D eigenvalue weighted by Gasteiger charge is 2.81. The van der Waals surface area contributed by atoms with Gasteiger partial charge < -0.3 is 0 Å². The predicted molar refractivity (Wildman–Crippen MR) is 95.6 cm³/mol. The lowest BCUT2D eigenvalue weighted by atomic mass is 9.97. The third-order valence-corrected chi connectivity index (χ3v) is 5.31. The lowest BCUT2D eigenvalue weighted by molar-refractivity contribution is -0.396. The summed E-state index contributed by atoms with van der Waals surface area (Å²) < 4.78 is 115. The van der Waals surface area contributed by atoms with Crippen LogP contribution in [0.3, 0.4) is 0 Å². The number of benzene rings is 2. The first-order valence-corrected chi connectivity index (χ1v) is 9.25. The molecule has 0 spiro atoms. The van der Waals surface area contributed by atoms with Gasteiger partial charge in [0.2, 0.25) is 0 Å². The molecule has 0 heterocycles. The molecule has 0 N–H and O–H groups in total. The van der Waals surface area contributed by atoms with E-state index < -0.39 is 34.3 Å². The minimum absolute atomic E-state index is 0.0951. The van der Waals surface area contributed by atoms with Crippen LogP contribution in [0.4, 0.5) is 39.5 Å². The van der Waals surface area contributed by atoms with E-state index in [9.17, 15) is 39.5 Å². The van der Waals surface area contributed by atoms with E-state index in [1.54, 1.807) is 24.3 Å². The summed E-state index contributed by atoms with van der Waals surface area (Å²) in [5.41, 5.74) is 0.705. The van der Waals surface area contributed by atoms with E-state index in [1.165, 1.54) is 22.6 Å². The highest BCUT2D eigenvalue weighted by molar-refractivity contribution is 14.1. The van der Waals surface area contributed by atoms with Crippen molar-refractivity contribution in [3.05, 3.63) is 48.0 Å². The monoisotopic (exact) mass is 528 g/mol. The van der Waals surface area contributed by atoms with Crippen molar-refractivity contribution in [3.8, 4) is 0 Å². The third kappa shape index (κ3) is 4.51. The van der Waals surface area contributed by atoms with Crippen molar-refractivity contribution in [3.63, 3.8) is 0 Å². The van der Waals surface area contributed by atoms with Crippen LogP contribution in [0, 0.1) is 0 Å². The lowest BCUT2D eigenvalue weighted by Gasteiger charge is -2.34. The number of halogens is 10. The molecule has 0 aliphatic carbocycles. The first-order valence-electron chi connectivity index (χ1n) is 8.01. The Hall–Kier alpha value is -1.20. The summed E-state index contributed by atoms with van der Waals surface area (Å²) in [5, 5.41) is 1.80. The van der Waals surface area contributed by atoms with Gasteiger partial charge in [0, 0.05) is 10.3 Å². The maximum atomic E-state index is 13.7. The Balaban J connectivity index is 2.06. The summed E-state index contributed by atoms with van der Waals surface area (Å²) >= 11 is 1.36. The highest BCUT2D eigenvalue weighted by atomic mass is 127. The van der Waals surface area contributed by atoms with Gasteiger partial charge in [-0.3, -0.25) is 0 Å². The van der Waals surface area contributed by atoms with Gasteiger partial charge in [-0.1, -0.05) is 65.1 Å². The van der Waals surface area contributed by atoms with Gasteiger partial charge in [0.15, 0.2) is 0 Å². The molecular weight excluding hydrogens is 514 g/mol. The fourth-order valence-electron chi connectivity index (χ4n) is 2.63. The van der Waals surface area contributed by atoms with Crippen molar-refractivity contribution >= 4 is 33.4 Å². The first kappa shape index (κ1) is 23.1. The number of hydrogen-bond donors (Lipinski definition) is 0. The summed E-state index contributed by atoms with van der Waals surface area (Å²) in [6.45, 7) is 0. The molecule has 0 nitrogen and oxygen atoms in total. The molecule has 28 heavy (non-hydrogen) atoms. The highest BCUT2D eigenvalue weighted by Crippen LogP contribution is 2.54. The van der Waals surface area contributed by atoms with E-state index in [4.69, 9.17) is 0 Å². The van der Waals surface area contributed by atoms with Crippen molar-refractivity contribution in [2.75, 3.05) is 0 Å². The number of hydrogen-bond acceptors (Lipinski definition) is 0. The van der Waals surface area contributed by atoms with Crippen LogP contribution < -0.4 is 0 Å². The minimum Gasteiger partial charge on any atom is -0.200 e. The van der Waals surface area contributed by atoms with Crippen LogP contribution in [-0.2, 0) is 6.42 Å². The van der Waals surface area contributed by atoms with Crippen LogP contribution in [0.5, 0.6) is 0 Å². The van der Waals surface area contributed by atoms with E-state index in [1.807, 2.05) is 18.2 Å². The number of rotatable bonds is 7. The molecule has 0 bridgehead atoms. The Bertz CT molecular complexity index is 814. The van der Waals surface area contributed by atoms with Crippen LogP contribution in [0.2, 0.25) is 0 Å². The molecular formula is C18H14F9I. The van der Waals surface area contributed by atoms with Gasteiger partial charge in [-0.25, -0.2) is 0 Å². The van der Waals surface area contributed by atoms with Gasteiger partial charge in [-0.05, 0) is 29.2 Å². The van der Waals surface area contributed by atoms with Gasteiger partial charge in [-0.2, -0.15) is 39.5 Å². The molecule has 10 heteroatoms. The zero-order chi connectivity index (χ0) is 21.4. The molecule has 0 amide bonds. The second-order valence-corrected chi connectivity index (χ2v) is 8.13. The van der Waals surface area contributed by atoms with E-state index in [-0.39, 0.29) is 12.8 Å². The molecule has 0 fully saturated rings. The Kier molecular flexibility index (Phi) is 6.52. The van der Waals surface area contributed by atoms with E-state index in [2.05, 4.69) is 0 Å². The quantitative estimate of drug-likeness (QED) is 0.199. The Morgan fingerprint density at radius 3 is 1.89 bits per heavy atom. The molecule has 156 valence electrons. The molecule has 0 saturated carbocycles. The first-order chi connectivity index (χ1) is 12.7. The number of aryl methyl sites for hydroxylation is 1. The predicted octanol–water partition coefficient (Wildman–Crippen LogP) is 7.43. The van der Waals surface area contributed by atoms with Crippen LogP contribution in [0.1, 0.15) is 18.4 Å². The van der Waals surface area contributed by atoms with Crippen molar-refractivity contribution in [2.24, 2.45) is 0 Å². The van der Waals surface area contributed by atoms with Gasteiger partial charge in [0.25, 0.3) is 0 Å². The normalized spacial score (nSPS) is 15.1. The standard InChI is InChI=1S/C18H14F9I/c19-15(20,16(21,22)17(23,24)18(25,26)27)10-14(28)8-6-11-5-7-12-3-1-2-4-13(12)9-11/h1-5,7,9,14H,6,8,10H2. The molecule has 0 aromatic heterocycles. The van der Waals surface area contributed by atoms with E-state index in [0.29, 0.717) is 5.56 Å². The maximum absolute atomic E-state index is 13.7. The second-order valence-electron chi connectivity index (χ2n) is 6.37. The SMILES string of the molecule is FC(F)(F)C(F)(F)C(F)(F)C(F)(F)CC(I)CCc1ccc2ccccc2c1. The van der Waals surface area contributed by atoms with Crippen molar-refractivity contribution in [1.82, 2.24) is 0 Å². The molecule has 1 unspecified atom stereocenters. The molecule has 2 aromatic rings. The lowest BCUT2D eigenvalue weighted by Crippen LogP contribution is -2.61. The second kappa shape index (κ2) is 7.91. The van der Waals surface area contributed by atoms with Gasteiger partial charge >= 0.3 is 23.9 Å². The molecule has 0 radical (unpaired) electrons. The third-order valence-electron chi connectivity index (χ3n) is 4.25. The summed E-state index contributed by atoms with van der Waals surface area (Å²) in [7, 11) is 0. The van der Waals surface area contributed by atoms with Gasteiger partial charge in [0.05, 0.1) is 0 Å². The Labute approximate surface area is 168 Å². The Morgan fingerprint density at radius 1 is 0.750 bits per heavy atom. The van der Waals surface area contributed by atoms with Crippen LogP contribution in [0.25, 0.3) is 10.8 Å². The van der Waals surface area contributed by atoms with Crippen molar-refractivity contribution < 1.29 is 39.5 Å². The largest absolute Gasteiger partial charge is 0.460 e. The van der Waals surface area contributed by atoms with E-state index >= 15 is 0 Å². The summed E-state index contributed by atoms with van der Waals surface area (Å²) in [6.07, 6.45) is -8.51. The van der Waals surface area contributed by atoms with E-state index in [0.717, 1.165) is 10.8 Å². The average molecular weight is 528 g/mol. The zero-order valence-electron chi connectivity index (χ0n) is 14.0. The van der Waals surface area contributed by atoms with Crippen LogP contribution in [0.15, 0.2) is 42.5 Å². The van der Waals surface area contributed by atoms with Crippen molar-refractivity contribution in [1.29, 1.82) is 0 Å². The summed E-state index contributed by atoms with van der Waals surface area (Å²) in [6, 6.07) is 12.5. The molecule has 1 atom stereocenters. The molecule has 0 aliphatic rings. The van der Waals surface area contributed by atoms with Crippen molar-refractivity contribution in [2.45, 2.75) is 47.1 Å². The number of fused-ring (bicyclic) bond motifs is 1. The van der Waals surface area contributed by atoms with Crippen LogP contribution >= 0.6 is 22.6 Å². The van der Waals surface area contributed by atoms with Gasteiger partial charge in [0.1, 0.15) is 0 Å². The summed E-state index contributed by atoms with van der Waals surface area (Å²) in [4.78, 5) is 0. The molecule has 2 aromatic carbocycles. The van der Waals surface area contributed by atoms with Crippen LogP contribution in [-0.4, -0.2) is 27.9 Å². The maximum Gasteiger partial charge on any atom is 0.460 e. The summed E-state index contributed by atoms with van der Waals surface area (Å²) in [5.74, 6) is -18.9.